The van der Waals surface area contributed by atoms with E-state index in [0.717, 1.165) is 62.3 Å². The summed E-state index contributed by atoms with van der Waals surface area (Å²) in [5.74, 6) is 0.769. The Morgan fingerprint density at radius 2 is 2.00 bits per heavy atom. The van der Waals surface area contributed by atoms with Gasteiger partial charge in [-0.05, 0) is 26.0 Å². The number of nitro groups is 1. The number of amides is 1. The molecular formula is C25H28N8O3S. The molecule has 192 valence electrons. The Balaban J connectivity index is 1.21. The number of rotatable bonds is 8. The molecule has 1 aliphatic rings. The van der Waals surface area contributed by atoms with E-state index < -0.39 is 4.92 Å². The minimum atomic E-state index is -0.404. The number of aryl methyl sites for hydroxylation is 2. The highest BCUT2D eigenvalue weighted by Crippen LogP contribution is 2.33. The van der Waals surface area contributed by atoms with Gasteiger partial charge in [-0.1, -0.05) is 12.1 Å². The van der Waals surface area contributed by atoms with Crippen molar-refractivity contribution in [2.24, 2.45) is 7.05 Å². The Morgan fingerprint density at radius 3 is 2.73 bits per heavy atom. The average Bonchev–Trinajstić information content (AvgIpc) is 3.55. The first kappa shape index (κ1) is 24.8. The standard InChI is InChI=1S/C25H28N8O3S/c1-17-13-20-23(30(17)2)22(18-5-3-6-19(14-18)33(35)36)28-29-24(20)27-7-4-8-31-9-11-32(12-10-31)25(34)21-15-26-16-37-21/h3,5-6,13-16H,4,7-12H2,1-2H3,(H,27,29). The molecule has 0 spiro atoms. The van der Waals surface area contributed by atoms with E-state index in [2.05, 4.69) is 31.5 Å². The highest BCUT2D eigenvalue weighted by Gasteiger charge is 2.23. The van der Waals surface area contributed by atoms with Crippen molar-refractivity contribution >= 4 is 39.7 Å². The molecule has 12 heteroatoms. The molecule has 0 bridgehead atoms. The van der Waals surface area contributed by atoms with E-state index in [-0.39, 0.29) is 11.6 Å². The number of aromatic nitrogens is 4. The van der Waals surface area contributed by atoms with Crippen LogP contribution in [0.3, 0.4) is 0 Å². The van der Waals surface area contributed by atoms with Gasteiger partial charge in [0, 0.05) is 68.5 Å². The van der Waals surface area contributed by atoms with Gasteiger partial charge in [0.15, 0.2) is 5.82 Å². The van der Waals surface area contributed by atoms with Crippen molar-refractivity contribution in [3.63, 3.8) is 0 Å². The fourth-order valence-corrected chi connectivity index (χ4v) is 5.24. The number of thiazole rings is 1. The van der Waals surface area contributed by atoms with E-state index in [9.17, 15) is 14.9 Å². The maximum atomic E-state index is 12.5. The number of benzene rings is 1. The number of carbonyl (C=O) groups excluding carboxylic acids is 1. The fraction of sp³-hybridized carbons (Fsp3) is 0.360. The number of carbonyl (C=O) groups is 1. The summed E-state index contributed by atoms with van der Waals surface area (Å²) in [6.07, 6.45) is 2.56. The lowest BCUT2D eigenvalue weighted by atomic mass is 10.1. The van der Waals surface area contributed by atoms with Crippen LogP contribution in [-0.2, 0) is 7.05 Å². The second kappa shape index (κ2) is 10.6. The molecule has 3 aromatic heterocycles. The number of hydrogen-bond donors (Lipinski definition) is 1. The number of piperazine rings is 1. The first-order valence-corrected chi connectivity index (χ1v) is 13.0. The first-order valence-electron chi connectivity index (χ1n) is 12.1. The smallest absolute Gasteiger partial charge is 0.270 e. The van der Waals surface area contributed by atoms with Gasteiger partial charge in [-0.3, -0.25) is 24.8 Å². The maximum absolute atomic E-state index is 12.5. The van der Waals surface area contributed by atoms with E-state index in [1.165, 1.54) is 23.5 Å². The Morgan fingerprint density at radius 1 is 1.19 bits per heavy atom. The van der Waals surface area contributed by atoms with E-state index >= 15 is 0 Å². The van der Waals surface area contributed by atoms with E-state index in [1.807, 2.05) is 29.5 Å². The van der Waals surface area contributed by atoms with E-state index in [0.29, 0.717) is 22.0 Å². The normalized spacial score (nSPS) is 14.3. The lowest BCUT2D eigenvalue weighted by molar-refractivity contribution is -0.384. The monoisotopic (exact) mass is 520 g/mol. The van der Waals surface area contributed by atoms with Gasteiger partial charge in [-0.15, -0.1) is 21.5 Å². The molecule has 1 amide bonds. The van der Waals surface area contributed by atoms with Crippen LogP contribution in [0.5, 0.6) is 0 Å². The lowest BCUT2D eigenvalue weighted by Crippen LogP contribution is -2.48. The first-order chi connectivity index (χ1) is 17.9. The summed E-state index contributed by atoms with van der Waals surface area (Å²) < 4.78 is 2.04. The van der Waals surface area contributed by atoms with Crippen molar-refractivity contribution in [3.05, 3.63) is 62.7 Å². The quantitative estimate of drug-likeness (QED) is 0.213. The highest BCUT2D eigenvalue weighted by atomic mass is 32.1. The summed E-state index contributed by atoms with van der Waals surface area (Å²) in [4.78, 5) is 32.3. The third-order valence-electron chi connectivity index (χ3n) is 6.78. The molecule has 11 nitrogen and oxygen atoms in total. The Bertz CT molecular complexity index is 1430. The van der Waals surface area contributed by atoms with Gasteiger partial charge in [0.1, 0.15) is 10.6 Å². The van der Waals surface area contributed by atoms with Gasteiger partial charge < -0.3 is 14.8 Å². The predicted molar refractivity (Wildman–Crippen MR) is 143 cm³/mol. The molecule has 37 heavy (non-hydrogen) atoms. The third kappa shape index (κ3) is 5.16. The molecule has 0 aliphatic carbocycles. The van der Waals surface area contributed by atoms with Gasteiger partial charge in [0.05, 0.1) is 22.1 Å². The lowest BCUT2D eigenvalue weighted by Gasteiger charge is -2.34. The number of nitrogens with zero attached hydrogens (tertiary/aromatic N) is 7. The molecular weight excluding hydrogens is 492 g/mol. The van der Waals surface area contributed by atoms with Crippen LogP contribution in [0.15, 0.2) is 42.0 Å². The summed E-state index contributed by atoms with van der Waals surface area (Å²) in [6, 6.07) is 8.55. The molecule has 5 rings (SSSR count). The van der Waals surface area contributed by atoms with E-state index in [1.54, 1.807) is 17.8 Å². The minimum Gasteiger partial charge on any atom is -0.368 e. The number of fused-ring (bicyclic) bond motifs is 1. The number of hydrogen-bond acceptors (Lipinski definition) is 9. The van der Waals surface area contributed by atoms with Crippen LogP contribution in [-0.4, -0.2) is 79.6 Å². The van der Waals surface area contributed by atoms with Gasteiger partial charge in [-0.2, -0.15) is 0 Å². The number of nitro benzene ring substituents is 1. The molecule has 4 heterocycles. The Hall–Kier alpha value is -3.90. The van der Waals surface area contributed by atoms with Gasteiger partial charge in [0.2, 0.25) is 0 Å². The topological polar surface area (TPSA) is 122 Å². The van der Waals surface area contributed by atoms with Gasteiger partial charge in [0.25, 0.3) is 11.6 Å². The van der Waals surface area contributed by atoms with Crippen LogP contribution in [0.2, 0.25) is 0 Å². The van der Waals surface area contributed by atoms with Gasteiger partial charge in [-0.25, -0.2) is 0 Å². The van der Waals surface area contributed by atoms with Crippen molar-refractivity contribution in [1.29, 1.82) is 0 Å². The van der Waals surface area contributed by atoms with Crippen LogP contribution < -0.4 is 5.32 Å². The summed E-state index contributed by atoms with van der Waals surface area (Å²) in [6.45, 7) is 6.81. The minimum absolute atomic E-state index is 0.0225. The summed E-state index contributed by atoms with van der Waals surface area (Å²) >= 11 is 1.38. The molecule has 1 N–H and O–H groups in total. The zero-order valence-corrected chi connectivity index (χ0v) is 21.6. The van der Waals surface area contributed by atoms with Crippen LogP contribution in [0, 0.1) is 17.0 Å². The molecule has 0 radical (unpaired) electrons. The predicted octanol–water partition coefficient (Wildman–Crippen LogP) is 3.57. The Labute approximate surface area is 217 Å². The zero-order chi connectivity index (χ0) is 25.9. The molecule has 0 saturated carbocycles. The van der Waals surface area contributed by atoms with Crippen molar-refractivity contribution in [2.75, 3.05) is 44.6 Å². The van der Waals surface area contributed by atoms with Crippen LogP contribution >= 0.6 is 11.3 Å². The van der Waals surface area contributed by atoms with Crippen molar-refractivity contribution in [1.82, 2.24) is 29.5 Å². The SMILES string of the molecule is Cc1cc2c(NCCCN3CCN(C(=O)c4cncs4)CC3)nnc(-c3cccc([N+](=O)[O-])c3)c2n1C. The molecule has 1 aliphatic heterocycles. The maximum Gasteiger partial charge on any atom is 0.270 e. The number of anilines is 1. The number of nitrogens with one attached hydrogen (secondary N) is 1. The highest BCUT2D eigenvalue weighted by molar-refractivity contribution is 7.11. The molecule has 0 unspecified atom stereocenters. The summed E-state index contributed by atoms with van der Waals surface area (Å²) in [5, 5.41) is 24.5. The molecule has 1 aromatic carbocycles. The molecule has 0 atom stereocenters. The fourth-order valence-electron chi connectivity index (χ4n) is 4.65. The zero-order valence-electron chi connectivity index (χ0n) is 20.8. The van der Waals surface area contributed by atoms with Crippen LogP contribution in [0.4, 0.5) is 11.5 Å². The Kier molecular flexibility index (Phi) is 7.10. The second-order valence-electron chi connectivity index (χ2n) is 9.09. The third-order valence-corrected chi connectivity index (χ3v) is 7.54. The number of non-ortho nitro benzene ring substituents is 1. The molecule has 4 aromatic rings. The van der Waals surface area contributed by atoms with Crippen molar-refractivity contribution < 1.29 is 9.72 Å². The van der Waals surface area contributed by atoms with E-state index in [4.69, 9.17) is 0 Å². The average molecular weight is 521 g/mol. The summed E-state index contributed by atoms with van der Waals surface area (Å²) in [5.41, 5.74) is 4.92. The van der Waals surface area contributed by atoms with Crippen molar-refractivity contribution in [3.8, 4) is 11.3 Å². The second-order valence-corrected chi connectivity index (χ2v) is 9.98. The van der Waals surface area contributed by atoms with Gasteiger partial charge >= 0.3 is 0 Å². The van der Waals surface area contributed by atoms with Crippen molar-refractivity contribution in [2.45, 2.75) is 13.3 Å². The van der Waals surface area contributed by atoms with Crippen LogP contribution in [0.1, 0.15) is 21.8 Å². The molecule has 1 fully saturated rings. The molecule has 1 saturated heterocycles. The van der Waals surface area contributed by atoms with Crippen LogP contribution in [0.25, 0.3) is 22.2 Å². The largest absolute Gasteiger partial charge is 0.368 e. The summed E-state index contributed by atoms with van der Waals surface area (Å²) in [7, 11) is 1.96.